The number of hydrogen-bond acceptors (Lipinski definition) is 5. The van der Waals surface area contributed by atoms with E-state index in [1.54, 1.807) is 0 Å². The van der Waals surface area contributed by atoms with Gasteiger partial charge in [-0.15, -0.1) is 0 Å². The zero-order chi connectivity index (χ0) is 15.6. The molecule has 0 aromatic carbocycles. The normalized spacial score (nSPS) is 11.4. The minimum Gasteiger partial charge on any atom is -0.379 e. The van der Waals surface area contributed by atoms with Gasteiger partial charge < -0.3 is 24.4 Å². The average Bonchev–Trinajstić information content (AvgIpc) is 2.51. The Morgan fingerprint density at radius 1 is 0.714 bits per heavy atom. The smallest absolute Gasteiger partial charge is 0.0701 e. The minimum atomic E-state index is 0.649. The highest BCUT2D eigenvalue weighted by molar-refractivity contribution is 4.55. The van der Waals surface area contributed by atoms with Gasteiger partial charge in [-0.1, -0.05) is 27.2 Å². The number of nitrogens with one attached hydrogen (secondary N) is 1. The lowest BCUT2D eigenvalue weighted by atomic mass is 10.4. The molecular formula is C16H36N2O3. The van der Waals surface area contributed by atoms with Gasteiger partial charge in [-0.25, -0.2) is 0 Å². The Morgan fingerprint density at radius 2 is 1.29 bits per heavy atom. The molecule has 0 saturated heterocycles. The van der Waals surface area contributed by atoms with Crippen LogP contribution in [-0.2, 0) is 14.2 Å². The highest BCUT2D eigenvalue weighted by Crippen LogP contribution is 1.88. The molecule has 1 N–H and O–H groups in total. The molecule has 0 heterocycles. The summed E-state index contributed by atoms with van der Waals surface area (Å²) in [7, 11) is 0. The van der Waals surface area contributed by atoms with Crippen molar-refractivity contribution in [3.8, 4) is 0 Å². The van der Waals surface area contributed by atoms with Gasteiger partial charge in [-0.2, -0.15) is 0 Å². The summed E-state index contributed by atoms with van der Waals surface area (Å²) < 4.78 is 16.3. The number of ether oxygens (including phenoxy) is 3. The number of likely N-dealkylation sites (N-methyl/N-ethyl adjacent to an activating group) is 1. The number of hydrogen-bond donors (Lipinski definition) is 1. The SMILES string of the molecule is CCCCOCCOCCOCCNCCN(CC)CC. The van der Waals surface area contributed by atoms with Crippen molar-refractivity contribution in [1.82, 2.24) is 10.2 Å². The van der Waals surface area contributed by atoms with E-state index in [-0.39, 0.29) is 0 Å². The molecule has 0 aliphatic heterocycles. The fourth-order valence-electron chi connectivity index (χ4n) is 1.83. The molecule has 0 unspecified atom stereocenters. The third-order valence-corrected chi connectivity index (χ3v) is 3.31. The monoisotopic (exact) mass is 304 g/mol. The first-order chi connectivity index (χ1) is 10.3. The standard InChI is InChI=1S/C16H36N2O3/c1-4-7-11-19-13-15-21-16-14-20-12-9-17-8-10-18(5-2)6-3/h17H,4-16H2,1-3H3. The summed E-state index contributed by atoms with van der Waals surface area (Å²) in [6, 6.07) is 0. The molecule has 0 saturated carbocycles. The van der Waals surface area contributed by atoms with E-state index in [0.717, 1.165) is 52.4 Å². The average molecular weight is 304 g/mol. The van der Waals surface area contributed by atoms with E-state index >= 15 is 0 Å². The Hall–Kier alpha value is -0.200. The molecule has 0 spiro atoms. The van der Waals surface area contributed by atoms with Crippen LogP contribution in [0.1, 0.15) is 33.6 Å². The third kappa shape index (κ3) is 16.0. The fourth-order valence-corrected chi connectivity index (χ4v) is 1.83. The molecule has 0 amide bonds. The first kappa shape index (κ1) is 20.8. The number of rotatable bonds is 17. The molecule has 0 aromatic heterocycles. The van der Waals surface area contributed by atoms with E-state index in [9.17, 15) is 0 Å². The first-order valence-electron chi connectivity index (χ1n) is 8.51. The van der Waals surface area contributed by atoms with Crippen molar-refractivity contribution in [2.45, 2.75) is 33.6 Å². The zero-order valence-electron chi connectivity index (χ0n) is 14.4. The van der Waals surface area contributed by atoms with Gasteiger partial charge in [-0.05, 0) is 19.5 Å². The molecule has 0 rings (SSSR count). The van der Waals surface area contributed by atoms with Crippen LogP contribution in [0.5, 0.6) is 0 Å². The second kappa shape index (κ2) is 17.9. The van der Waals surface area contributed by atoms with Crippen LogP contribution in [0.15, 0.2) is 0 Å². The summed E-state index contributed by atoms with van der Waals surface area (Å²) in [5.41, 5.74) is 0. The maximum atomic E-state index is 5.50. The molecule has 0 aliphatic rings. The Morgan fingerprint density at radius 3 is 1.86 bits per heavy atom. The Labute approximate surface area is 131 Å². The predicted octanol–water partition coefficient (Wildman–Crippen LogP) is 1.77. The van der Waals surface area contributed by atoms with E-state index in [0.29, 0.717) is 26.4 Å². The lowest BCUT2D eigenvalue weighted by Crippen LogP contribution is -2.33. The van der Waals surface area contributed by atoms with Crippen LogP contribution in [0.3, 0.4) is 0 Å². The van der Waals surface area contributed by atoms with Crippen LogP contribution < -0.4 is 5.32 Å². The van der Waals surface area contributed by atoms with Crippen molar-refractivity contribution in [2.24, 2.45) is 0 Å². The van der Waals surface area contributed by atoms with E-state index in [2.05, 4.69) is 31.0 Å². The maximum absolute atomic E-state index is 5.50. The minimum absolute atomic E-state index is 0.649. The molecular weight excluding hydrogens is 268 g/mol. The van der Waals surface area contributed by atoms with Crippen LogP contribution in [0, 0.1) is 0 Å². The lowest BCUT2D eigenvalue weighted by molar-refractivity contribution is 0.0146. The molecule has 0 fully saturated rings. The van der Waals surface area contributed by atoms with Gasteiger partial charge in [0.25, 0.3) is 0 Å². The van der Waals surface area contributed by atoms with Crippen LogP contribution in [-0.4, -0.2) is 77.3 Å². The van der Waals surface area contributed by atoms with Gasteiger partial charge in [0, 0.05) is 26.2 Å². The topological polar surface area (TPSA) is 43.0 Å². The number of unbranched alkanes of at least 4 members (excludes halogenated alkanes) is 1. The summed E-state index contributed by atoms with van der Waals surface area (Å²) in [6.07, 6.45) is 2.31. The van der Waals surface area contributed by atoms with Gasteiger partial charge in [-0.3, -0.25) is 0 Å². The molecule has 128 valence electrons. The largest absolute Gasteiger partial charge is 0.379 e. The summed E-state index contributed by atoms with van der Waals surface area (Å²) in [5, 5.41) is 3.39. The number of nitrogens with zero attached hydrogens (tertiary/aromatic N) is 1. The van der Waals surface area contributed by atoms with E-state index in [1.807, 2.05) is 0 Å². The van der Waals surface area contributed by atoms with Crippen molar-refractivity contribution in [2.75, 3.05) is 72.4 Å². The van der Waals surface area contributed by atoms with Gasteiger partial charge in [0.15, 0.2) is 0 Å². The summed E-state index contributed by atoms with van der Waals surface area (Å²) in [5.74, 6) is 0. The molecule has 0 aliphatic carbocycles. The Balaban J connectivity index is 3.02. The second-order valence-electron chi connectivity index (χ2n) is 4.97. The van der Waals surface area contributed by atoms with E-state index in [4.69, 9.17) is 14.2 Å². The van der Waals surface area contributed by atoms with Crippen molar-refractivity contribution < 1.29 is 14.2 Å². The van der Waals surface area contributed by atoms with Crippen molar-refractivity contribution >= 4 is 0 Å². The van der Waals surface area contributed by atoms with Crippen molar-refractivity contribution in [1.29, 1.82) is 0 Å². The second-order valence-corrected chi connectivity index (χ2v) is 4.97. The molecule has 5 nitrogen and oxygen atoms in total. The van der Waals surface area contributed by atoms with Gasteiger partial charge in [0.05, 0.1) is 33.0 Å². The van der Waals surface area contributed by atoms with E-state index in [1.165, 1.54) is 6.42 Å². The van der Waals surface area contributed by atoms with Gasteiger partial charge in [0.2, 0.25) is 0 Å². The molecule has 5 heteroatoms. The van der Waals surface area contributed by atoms with Crippen molar-refractivity contribution in [3.05, 3.63) is 0 Å². The van der Waals surface area contributed by atoms with Crippen LogP contribution in [0.25, 0.3) is 0 Å². The summed E-state index contributed by atoms with van der Waals surface area (Å²) >= 11 is 0. The van der Waals surface area contributed by atoms with Gasteiger partial charge >= 0.3 is 0 Å². The summed E-state index contributed by atoms with van der Waals surface area (Å²) in [4.78, 5) is 2.41. The van der Waals surface area contributed by atoms with E-state index < -0.39 is 0 Å². The summed E-state index contributed by atoms with van der Waals surface area (Å²) in [6.45, 7) is 16.1. The predicted molar refractivity (Wildman–Crippen MR) is 88.0 cm³/mol. The quantitative estimate of drug-likeness (QED) is 0.415. The fraction of sp³-hybridized carbons (Fsp3) is 1.00. The first-order valence-corrected chi connectivity index (χ1v) is 8.51. The molecule has 0 bridgehead atoms. The van der Waals surface area contributed by atoms with Gasteiger partial charge in [0.1, 0.15) is 0 Å². The Bertz CT molecular complexity index is 190. The van der Waals surface area contributed by atoms with Crippen LogP contribution in [0.4, 0.5) is 0 Å². The molecule has 21 heavy (non-hydrogen) atoms. The molecule has 0 radical (unpaired) electrons. The lowest BCUT2D eigenvalue weighted by Gasteiger charge is -2.17. The third-order valence-electron chi connectivity index (χ3n) is 3.31. The van der Waals surface area contributed by atoms with Crippen LogP contribution in [0.2, 0.25) is 0 Å². The van der Waals surface area contributed by atoms with Crippen LogP contribution >= 0.6 is 0 Å². The van der Waals surface area contributed by atoms with Crippen molar-refractivity contribution in [3.63, 3.8) is 0 Å². The molecule has 0 atom stereocenters. The maximum Gasteiger partial charge on any atom is 0.0701 e. The molecule has 0 aromatic rings. The zero-order valence-corrected chi connectivity index (χ0v) is 14.4. The Kier molecular flexibility index (Phi) is 17.7. The highest BCUT2D eigenvalue weighted by atomic mass is 16.5. The highest BCUT2D eigenvalue weighted by Gasteiger charge is 1.97.